The van der Waals surface area contributed by atoms with Crippen molar-refractivity contribution in [1.29, 1.82) is 0 Å². The molecule has 5 aromatic carbocycles. The van der Waals surface area contributed by atoms with Gasteiger partial charge in [0.1, 0.15) is 0 Å². The lowest BCUT2D eigenvalue weighted by Crippen LogP contribution is -2.32. The van der Waals surface area contributed by atoms with Crippen LogP contribution in [-0.4, -0.2) is 4.98 Å². The van der Waals surface area contributed by atoms with E-state index in [1.807, 2.05) is 11.8 Å². The van der Waals surface area contributed by atoms with Gasteiger partial charge in [0.05, 0.1) is 10.9 Å². The van der Waals surface area contributed by atoms with Gasteiger partial charge in [-0.1, -0.05) is 109 Å². The van der Waals surface area contributed by atoms with Crippen molar-refractivity contribution in [3.63, 3.8) is 0 Å². The van der Waals surface area contributed by atoms with Crippen LogP contribution in [0, 0.1) is 0 Å². The third-order valence-electron chi connectivity index (χ3n) is 7.49. The van der Waals surface area contributed by atoms with Crippen LogP contribution >= 0.6 is 11.8 Å². The Bertz CT molecular complexity index is 1710. The zero-order valence-corrected chi connectivity index (χ0v) is 18.6. The van der Waals surface area contributed by atoms with Gasteiger partial charge >= 0.3 is 0 Å². The van der Waals surface area contributed by atoms with E-state index < -0.39 is 0 Å². The highest BCUT2D eigenvalue weighted by atomic mass is 32.2. The van der Waals surface area contributed by atoms with Crippen LogP contribution in [-0.2, 0) is 5.41 Å². The molecule has 0 saturated carbocycles. The van der Waals surface area contributed by atoms with E-state index in [0.717, 1.165) is 0 Å². The summed E-state index contributed by atoms with van der Waals surface area (Å²) >= 11 is 1.91. The summed E-state index contributed by atoms with van der Waals surface area (Å²) in [7, 11) is 0. The molecule has 1 N–H and O–H groups in total. The molecule has 2 aliphatic rings. The molecule has 2 heterocycles. The molecule has 0 saturated heterocycles. The molecule has 154 valence electrons. The lowest BCUT2D eigenvalue weighted by atomic mass is 9.67. The molecule has 0 amide bonds. The predicted molar refractivity (Wildman–Crippen MR) is 137 cm³/mol. The molecular formula is C31H19NS. The van der Waals surface area contributed by atoms with E-state index in [0.29, 0.717) is 0 Å². The maximum atomic E-state index is 3.77. The quantitative estimate of drug-likeness (QED) is 0.253. The van der Waals surface area contributed by atoms with Gasteiger partial charge in [-0.15, -0.1) is 0 Å². The molecule has 0 unspecified atom stereocenters. The Morgan fingerprint density at radius 1 is 0.515 bits per heavy atom. The second-order valence-electron chi connectivity index (χ2n) is 8.97. The average molecular weight is 438 g/mol. The third kappa shape index (κ3) is 2.06. The monoisotopic (exact) mass is 437 g/mol. The van der Waals surface area contributed by atoms with Gasteiger partial charge in [0.25, 0.3) is 0 Å². The fourth-order valence-corrected chi connectivity index (χ4v) is 7.52. The van der Waals surface area contributed by atoms with Crippen LogP contribution < -0.4 is 0 Å². The average Bonchev–Trinajstić information content (AvgIpc) is 3.40. The van der Waals surface area contributed by atoms with Crippen LogP contribution in [0.2, 0.25) is 0 Å². The van der Waals surface area contributed by atoms with Crippen LogP contribution in [0.4, 0.5) is 0 Å². The first-order valence-corrected chi connectivity index (χ1v) is 12.2. The molecule has 1 nitrogen and oxygen atoms in total. The molecule has 0 atom stereocenters. The summed E-state index contributed by atoms with van der Waals surface area (Å²) in [4.78, 5) is 6.45. The van der Waals surface area contributed by atoms with Crippen molar-refractivity contribution in [2.75, 3.05) is 0 Å². The van der Waals surface area contributed by atoms with Crippen LogP contribution in [0.5, 0.6) is 0 Å². The SMILES string of the molecule is c1ccc2c(c1)Sc1c(ccc3c1[nH]c1ccccc13)C21c2ccccc2-c2ccccc21. The summed E-state index contributed by atoms with van der Waals surface area (Å²) in [5.74, 6) is 0. The number of aromatic amines is 1. The molecule has 1 spiro atoms. The van der Waals surface area contributed by atoms with Crippen LogP contribution in [0.15, 0.2) is 119 Å². The number of H-pyrrole nitrogens is 1. The van der Waals surface area contributed by atoms with Crippen molar-refractivity contribution >= 4 is 33.6 Å². The van der Waals surface area contributed by atoms with E-state index in [1.54, 1.807) is 0 Å². The van der Waals surface area contributed by atoms with Crippen LogP contribution in [0.1, 0.15) is 22.3 Å². The number of aromatic nitrogens is 1. The maximum absolute atomic E-state index is 3.77. The van der Waals surface area contributed by atoms with Crippen molar-refractivity contribution in [2.45, 2.75) is 15.2 Å². The standard InChI is InChI=1S/C31H19NS/c1-4-12-23-19(9-1)20-10-2-5-13-24(20)31(23)25-14-6-8-16-28(25)33-30-26(31)18-17-22-21-11-3-7-15-27(21)32-29(22)30/h1-18,32H. The van der Waals surface area contributed by atoms with E-state index in [4.69, 9.17) is 0 Å². The highest BCUT2D eigenvalue weighted by Gasteiger charge is 2.50. The smallest absolute Gasteiger partial charge is 0.0736 e. The number of hydrogen-bond donors (Lipinski definition) is 1. The Morgan fingerprint density at radius 2 is 1.15 bits per heavy atom. The normalized spacial score (nSPS) is 14.8. The molecule has 1 aromatic heterocycles. The maximum Gasteiger partial charge on any atom is 0.0736 e. The number of nitrogens with one attached hydrogen (secondary N) is 1. The zero-order valence-electron chi connectivity index (χ0n) is 17.8. The van der Waals surface area contributed by atoms with Gasteiger partial charge < -0.3 is 4.98 Å². The topological polar surface area (TPSA) is 15.8 Å². The van der Waals surface area contributed by atoms with E-state index in [2.05, 4.69) is 114 Å². The Morgan fingerprint density at radius 3 is 1.94 bits per heavy atom. The number of para-hydroxylation sites is 1. The van der Waals surface area contributed by atoms with E-state index in [-0.39, 0.29) is 5.41 Å². The molecule has 6 aromatic rings. The first kappa shape index (κ1) is 17.8. The molecule has 33 heavy (non-hydrogen) atoms. The summed E-state index contributed by atoms with van der Waals surface area (Å²) < 4.78 is 0. The van der Waals surface area contributed by atoms with E-state index >= 15 is 0 Å². The molecule has 0 bridgehead atoms. The van der Waals surface area contributed by atoms with Crippen molar-refractivity contribution in [1.82, 2.24) is 4.98 Å². The minimum Gasteiger partial charge on any atom is -0.354 e. The summed E-state index contributed by atoms with van der Waals surface area (Å²) in [6.45, 7) is 0. The Kier molecular flexibility index (Phi) is 3.33. The second kappa shape index (κ2) is 6.18. The van der Waals surface area contributed by atoms with Gasteiger partial charge in [0.2, 0.25) is 0 Å². The predicted octanol–water partition coefficient (Wildman–Crippen LogP) is 8.15. The fourth-order valence-electron chi connectivity index (χ4n) is 6.23. The fraction of sp³-hybridized carbons (Fsp3) is 0.0323. The van der Waals surface area contributed by atoms with Gasteiger partial charge in [-0.05, 0) is 45.5 Å². The summed E-state index contributed by atoms with van der Waals surface area (Å²) in [6.07, 6.45) is 0. The summed E-state index contributed by atoms with van der Waals surface area (Å²) in [5.41, 5.74) is 10.4. The summed E-state index contributed by atoms with van der Waals surface area (Å²) in [5, 5.41) is 2.59. The second-order valence-corrected chi connectivity index (χ2v) is 10.0. The first-order valence-electron chi connectivity index (χ1n) is 11.4. The van der Waals surface area contributed by atoms with Gasteiger partial charge in [0.15, 0.2) is 0 Å². The lowest BCUT2D eigenvalue weighted by Gasteiger charge is -2.39. The van der Waals surface area contributed by atoms with Gasteiger partial charge in [-0.2, -0.15) is 0 Å². The van der Waals surface area contributed by atoms with Gasteiger partial charge in [-0.3, -0.25) is 0 Å². The van der Waals surface area contributed by atoms with Crippen molar-refractivity contribution < 1.29 is 0 Å². The van der Waals surface area contributed by atoms with Gasteiger partial charge in [-0.25, -0.2) is 0 Å². The van der Waals surface area contributed by atoms with Crippen LogP contribution in [0.3, 0.4) is 0 Å². The minimum atomic E-state index is -0.310. The molecule has 0 radical (unpaired) electrons. The molecule has 2 heteroatoms. The van der Waals surface area contributed by atoms with E-state index in [1.165, 1.54) is 65.0 Å². The largest absolute Gasteiger partial charge is 0.354 e. The lowest BCUT2D eigenvalue weighted by molar-refractivity contribution is 0.725. The molecule has 1 aliphatic carbocycles. The molecule has 8 rings (SSSR count). The number of rotatable bonds is 0. The van der Waals surface area contributed by atoms with Crippen molar-refractivity contribution in [3.05, 3.63) is 131 Å². The third-order valence-corrected chi connectivity index (χ3v) is 8.70. The summed E-state index contributed by atoms with van der Waals surface area (Å²) in [6, 6.07) is 40.3. The Balaban J connectivity index is 1.60. The molecule has 0 fully saturated rings. The van der Waals surface area contributed by atoms with Gasteiger partial charge in [0, 0.05) is 26.1 Å². The van der Waals surface area contributed by atoms with Crippen LogP contribution in [0.25, 0.3) is 32.9 Å². The van der Waals surface area contributed by atoms with E-state index in [9.17, 15) is 0 Å². The van der Waals surface area contributed by atoms with Crippen molar-refractivity contribution in [3.8, 4) is 11.1 Å². The zero-order chi connectivity index (χ0) is 21.6. The number of hydrogen-bond acceptors (Lipinski definition) is 1. The Hall–Kier alpha value is -3.75. The number of benzene rings is 5. The minimum absolute atomic E-state index is 0.310. The molecule has 1 aliphatic heterocycles. The highest BCUT2D eigenvalue weighted by Crippen LogP contribution is 2.62. The molecular weight excluding hydrogens is 418 g/mol. The highest BCUT2D eigenvalue weighted by molar-refractivity contribution is 7.99. The van der Waals surface area contributed by atoms with Crippen molar-refractivity contribution in [2.24, 2.45) is 0 Å². The number of fused-ring (bicyclic) bond motifs is 13. The first-order chi connectivity index (χ1) is 16.4. The Labute approximate surface area is 196 Å².